The molecule has 1 aromatic carbocycles. The number of nitrogen functional groups attached to an aromatic ring is 1. The van der Waals surface area contributed by atoms with Crippen LogP contribution in [0.25, 0.3) is 0 Å². The summed E-state index contributed by atoms with van der Waals surface area (Å²) in [5, 5.41) is 9.23. The fraction of sp³-hybridized carbons (Fsp3) is 0.429. The number of hydrogen-bond acceptors (Lipinski definition) is 4. The molecule has 1 aromatic rings. The van der Waals surface area contributed by atoms with Crippen molar-refractivity contribution < 1.29 is 14.7 Å². The lowest BCUT2D eigenvalue weighted by atomic mass is 10.1. The van der Waals surface area contributed by atoms with Crippen LogP contribution in [0.4, 0.5) is 5.69 Å². The lowest BCUT2D eigenvalue weighted by molar-refractivity contribution is -0.141. The van der Waals surface area contributed by atoms with E-state index in [4.69, 9.17) is 5.73 Å². The van der Waals surface area contributed by atoms with Crippen molar-refractivity contribution in [1.29, 1.82) is 0 Å². The van der Waals surface area contributed by atoms with Crippen molar-refractivity contribution >= 4 is 45.3 Å². The maximum atomic E-state index is 12.7. The summed E-state index contributed by atoms with van der Waals surface area (Å²) in [4.78, 5) is 25.6. The summed E-state index contributed by atoms with van der Waals surface area (Å²) < 4.78 is 0.784. The molecular weight excluding hydrogens is 356 g/mol. The molecule has 2 atom stereocenters. The quantitative estimate of drug-likeness (QED) is 0.793. The first kappa shape index (κ1) is 16.2. The van der Waals surface area contributed by atoms with Crippen LogP contribution in [-0.2, 0) is 4.79 Å². The van der Waals surface area contributed by atoms with E-state index in [9.17, 15) is 14.7 Å². The smallest absolute Gasteiger partial charge is 0.327 e. The highest BCUT2D eigenvalue weighted by Crippen LogP contribution is 2.34. The van der Waals surface area contributed by atoms with Gasteiger partial charge >= 0.3 is 5.97 Å². The second kappa shape index (κ2) is 6.70. The number of anilines is 1. The summed E-state index contributed by atoms with van der Waals surface area (Å²) in [7, 11) is 0. The van der Waals surface area contributed by atoms with Crippen molar-refractivity contribution in [2.24, 2.45) is 0 Å². The third-order valence-corrected chi connectivity index (χ3v) is 5.24. The Morgan fingerprint density at radius 2 is 2.24 bits per heavy atom. The average molecular weight is 373 g/mol. The highest BCUT2D eigenvalue weighted by Gasteiger charge is 2.41. The van der Waals surface area contributed by atoms with Crippen LogP contribution in [0.1, 0.15) is 30.1 Å². The third kappa shape index (κ3) is 3.35. The molecule has 0 aliphatic carbocycles. The summed E-state index contributed by atoms with van der Waals surface area (Å²) >= 11 is 4.82. The van der Waals surface area contributed by atoms with Gasteiger partial charge in [0, 0.05) is 15.9 Å². The second-order valence-corrected chi connectivity index (χ2v) is 7.00. The van der Waals surface area contributed by atoms with Crippen molar-refractivity contribution in [1.82, 2.24) is 4.90 Å². The van der Waals surface area contributed by atoms with Gasteiger partial charge in [-0.1, -0.05) is 29.3 Å². The highest BCUT2D eigenvalue weighted by atomic mass is 79.9. The molecule has 1 fully saturated rings. The molecule has 0 bridgehead atoms. The number of carbonyl (C=O) groups is 2. The Balaban J connectivity index is 2.34. The minimum absolute atomic E-state index is 0.105. The summed E-state index contributed by atoms with van der Waals surface area (Å²) in [5.74, 6) is -0.858. The van der Waals surface area contributed by atoms with Gasteiger partial charge in [0.15, 0.2) is 0 Å². The first-order chi connectivity index (χ1) is 9.95. The molecule has 0 aromatic heterocycles. The van der Waals surface area contributed by atoms with E-state index in [2.05, 4.69) is 15.9 Å². The number of benzene rings is 1. The van der Waals surface area contributed by atoms with Crippen LogP contribution < -0.4 is 5.73 Å². The fourth-order valence-electron chi connectivity index (χ4n) is 2.36. The zero-order chi connectivity index (χ0) is 15.6. The van der Waals surface area contributed by atoms with E-state index in [1.807, 2.05) is 6.92 Å². The molecule has 5 nitrogen and oxygen atoms in total. The van der Waals surface area contributed by atoms with Gasteiger partial charge < -0.3 is 15.7 Å². The molecular formula is C14H17BrN2O3S. The molecule has 3 N–H and O–H groups in total. The number of thioether (sulfide) groups is 1. The zero-order valence-corrected chi connectivity index (χ0v) is 14.0. The number of hydrogen-bond donors (Lipinski definition) is 2. The van der Waals surface area contributed by atoms with E-state index in [0.29, 0.717) is 17.0 Å². The van der Waals surface area contributed by atoms with Crippen LogP contribution in [-0.4, -0.2) is 39.1 Å². The standard InChI is InChI=1S/C14H17BrN2O3S/c1-2-3-12-17(11(7-21-12)14(19)20)13(18)9-5-4-8(15)6-10(9)16/h4-6,11-12H,2-3,7,16H2,1H3,(H,19,20). The van der Waals surface area contributed by atoms with Crippen LogP contribution in [0, 0.1) is 0 Å². The molecule has 0 spiro atoms. The molecule has 1 saturated heterocycles. The van der Waals surface area contributed by atoms with Crippen molar-refractivity contribution in [3.05, 3.63) is 28.2 Å². The molecule has 0 saturated carbocycles. The predicted molar refractivity (Wildman–Crippen MR) is 87.3 cm³/mol. The van der Waals surface area contributed by atoms with Gasteiger partial charge in [0.05, 0.1) is 10.9 Å². The first-order valence-electron chi connectivity index (χ1n) is 6.67. The highest BCUT2D eigenvalue weighted by molar-refractivity contribution is 9.10. The summed E-state index contributed by atoms with van der Waals surface area (Å²) in [6, 6.07) is 4.23. The summed E-state index contributed by atoms with van der Waals surface area (Å²) in [6.07, 6.45) is 1.67. The number of carbonyl (C=O) groups excluding carboxylic acids is 1. The van der Waals surface area contributed by atoms with E-state index in [1.54, 1.807) is 18.2 Å². The number of carboxylic acid groups (broad SMARTS) is 1. The van der Waals surface area contributed by atoms with E-state index in [1.165, 1.54) is 16.7 Å². The number of nitrogens with two attached hydrogens (primary N) is 1. The van der Waals surface area contributed by atoms with Gasteiger partial charge in [0.25, 0.3) is 5.91 Å². The molecule has 1 aliphatic rings. The van der Waals surface area contributed by atoms with Crippen molar-refractivity contribution in [3.63, 3.8) is 0 Å². The van der Waals surface area contributed by atoms with Crippen LogP contribution in [0.2, 0.25) is 0 Å². The largest absolute Gasteiger partial charge is 0.480 e. The molecule has 2 unspecified atom stereocenters. The van der Waals surface area contributed by atoms with Gasteiger partial charge in [-0.05, 0) is 24.6 Å². The molecule has 1 amide bonds. The fourth-order valence-corrected chi connectivity index (χ4v) is 4.25. The van der Waals surface area contributed by atoms with Gasteiger partial charge in [-0.2, -0.15) is 0 Å². The zero-order valence-electron chi connectivity index (χ0n) is 11.6. The first-order valence-corrected chi connectivity index (χ1v) is 8.52. The van der Waals surface area contributed by atoms with Gasteiger partial charge in [-0.15, -0.1) is 11.8 Å². The number of rotatable bonds is 4. The Labute approximate surface area is 136 Å². The number of aliphatic carboxylic acids is 1. The number of carboxylic acids is 1. The van der Waals surface area contributed by atoms with E-state index >= 15 is 0 Å². The second-order valence-electron chi connectivity index (χ2n) is 4.87. The summed E-state index contributed by atoms with van der Waals surface area (Å²) in [6.45, 7) is 2.02. The number of nitrogens with zero attached hydrogens (tertiary/aromatic N) is 1. The van der Waals surface area contributed by atoms with E-state index < -0.39 is 12.0 Å². The monoisotopic (exact) mass is 372 g/mol. The average Bonchev–Trinajstić information content (AvgIpc) is 2.82. The molecule has 1 heterocycles. The lowest BCUT2D eigenvalue weighted by Crippen LogP contribution is -2.45. The minimum Gasteiger partial charge on any atom is -0.480 e. The molecule has 7 heteroatoms. The van der Waals surface area contributed by atoms with E-state index in [-0.39, 0.29) is 11.3 Å². The lowest BCUT2D eigenvalue weighted by Gasteiger charge is -2.27. The summed E-state index contributed by atoms with van der Waals surface area (Å²) in [5.41, 5.74) is 6.61. The molecule has 21 heavy (non-hydrogen) atoms. The maximum absolute atomic E-state index is 12.7. The van der Waals surface area contributed by atoms with Gasteiger partial charge in [-0.25, -0.2) is 4.79 Å². The van der Waals surface area contributed by atoms with Crippen molar-refractivity contribution in [2.45, 2.75) is 31.2 Å². The maximum Gasteiger partial charge on any atom is 0.327 e. The van der Waals surface area contributed by atoms with Crippen LogP contribution >= 0.6 is 27.7 Å². The number of amides is 1. The SMILES string of the molecule is CCCC1SCC(C(=O)O)N1C(=O)c1ccc(Br)cc1N. The van der Waals surface area contributed by atoms with Crippen molar-refractivity contribution in [2.75, 3.05) is 11.5 Å². The third-order valence-electron chi connectivity index (χ3n) is 3.39. The Kier molecular flexibility index (Phi) is 5.16. The molecule has 1 aliphatic heterocycles. The van der Waals surface area contributed by atoms with Gasteiger partial charge in [-0.3, -0.25) is 4.79 Å². The molecule has 2 rings (SSSR count). The van der Waals surface area contributed by atoms with Gasteiger partial charge in [0.1, 0.15) is 6.04 Å². The topological polar surface area (TPSA) is 83.6 Å². The van der Waals surface area contributed by atoms with Crippen LogP contribution in [0.3, 0.4) is 0 Å². The Morgan fingerprint density at radius 1 is 1.52 bits per heavy atom. The van der Waals surface area contributed by atoms with Crippen LogP contribution in [0.15, 0.2) is 22.7 Å². The number of halogens is 1. The molecule has 0 radical (unpaired) electrons. The van der Waals surface area contributed by atoms with Crippen LogP contribution in [0.5, 0.6) is 0 Å². The Hall–Kier alpha value is -1.21. The predicted octanol–water partition coefficient (Wildman–Crippen LogP) is 2.80. The Morgan fingerprint density at radius 3 is 2.81 bits per heavy atom. The van der Waals surface area contributed by atoms with Gasteiger partial charge in [0.2, 0.25) is 0 Å². The van der Waals surface area contributed by atoms with Crippen molar-refractivity contribution in [3.8, 4) is 0 Å². The Bertz CT molecular complexity index is 567. The molecule has 114 valence electrons. The minimum atomic E-state index is -0.967. The normalized spacial score (nSPS) is 21.5. The van der Waals surface area contributed by atoms with E-state index in [0.717, 1.165) is 17.3 Å².